The van der Waals surface area contributed by atoms with Gasteiger partial charge < -0.3 is 9.64 Å². The van der Waals surface area contributed by atoms with Crippen LogP contribution in [0, 0.1) is 0 Å². The third-order valence-corrected chi connectivity index (χ3v) is 7.45. The zero-order valence-corrected chi connectivity index (χ0v) is 17.3. The van der Waals surface area contributed by atoms with Crippen molar-refractivity contribution < 1.29 is 22.7 Å². The van der Waals surface area contributed by atoms with Crippen LogP contribution in [0.15, 0.2) is 41.3 Å². The maximum Gasteiger partial charge on any atom is 0.340 e. The van der Waals surface area contributed by atoms with Crippen molar-refractivity contribution in [3.05, 3.63) is 53.1 Å². The zero-order chi connectivity index (χ0) is 20.9. The minimum Gasteiger partial charge on any atom is -0.465 e. The molecule has 0 unspecified atom stereocenters. The Bertz CT molecular complexity index is 1130. The van der Waals surface area contributed by atoms with Gasteiger partial charge in [-0.05, 0) is 55.2 Å². The Morgan fingerprint density at radius 1 is 1.24 bits per heavy atom. The van der Waals surface area contributed by atoms with Crippen molar-refractivity contribution in [2.45, 2.75) is 30.6 Å². The maximum atomic E-state index is 13.4. The number of rotatable bonds is 4. The number of benzene rings is 2. The van der Waals surface area contributed by atoms with Crippen LogP contribution in [0.4, 0.5) is 11.4 Å². The Morgan fingerprint density at radius 2 is 1.97 bits per heavy atom. The van der Waals surface area contributed by atoms with Crippen LogP contribution < -0.4 is 9.21 Å². The van der Waals surface area contributed by atoms with Crippen molar-refractivity contribution in [2.75, 3.05) is 29.9 Å². The molecule has 7 nitrogen and oxygen atoms in total. The normalized spacial score (nSPS) is 17.8. The van der Waals surface area contributed by atoms with Gasteiger partial charge in [-0.25, -0.2) is 13.2 Å². The standard InChI is InChI=1S/C21H22N2O5S/c1-13-17-12-15(11-14-7-6-10-23(19(14)17)20(13)24)29(26,27)22(2)18-9-5-4-8-16(18)21(25)28-3/h4-5,8-9,11-13H,6-7,10H2,1-3H3/t13-/m1/s1. The van der Waals surface area contributed by atoms with E-state index in [9.17, 15) is 18.0 Å². The quantitative estimate of drug-likeness (QED) is 0.719. The van der Waals surface area contributed by atoms with Gasteiger partial charge in [0, 0.05) is 13.6 Å². The summed E-state index contributed by atoms with van der Waals surface area (Å²) in [4.78, 5) is 26.5. The first-order valence-corrected chi connectivity index (χ1v) is 10.9. The second kappa shape index (κ2) is 6.88. The minimum atomic E-state index is -3.95. The van der Waals surface area contributed by atoms with Crippen LogP contribution >= 0.6 is 0 Å². The molecule has 2 aliphatic heterocycles. The molecule has 152 valence electrons. The van der Waals surface area contributed by atoms with Crippen molar-refractivity contribution in [2.24, 2.45) is 0 Å². The lowest BCUT2D eigenvalue weighted by Crippen LogP contribution is -2.32. The van der Waals surface area contributed by atoms with Gasteiger partial charge in [-0.2, -0.15) is 0 Å². The number of carbonyl (C=O) groups is 2. The fraction of sp³-hybridized carbons (Fsp3) is 0.333. The average molecular weight is 414 g/mol. The Kier molecular flexibility index (Phi) is 4.61. The molecular weight excluding hydrogens is 392 g/mol. The molecule has 0 aliphatic carbocycles. The zero-order valence-electron chi connectivity index (χ0n) is 16.5. The summed E-state index contributed by atoms with van der Waals surface area (Å²) in [5, 5.41) is 0. The van der Waals surface area contributed by atoms with Gasteiger partial charge in [0.1, 0.15) is 0 Å². The molecule has 2 aliphatic rings. The number of hydrogen-bond donors (Lipinski definition) is 0. The third kappa shape index (κ3) is 2.90. The molecule has 2 aromatic carbocycles. The second-order valence-corrected chi connectivity index (χ2v) is 9.29. The lowest BCUT2D eigenvalue weighted by molar-refractivity contribution is -0.119. The number of sulfonamides is 1. The van der Waals surface area contributed by atoms with Crippen LogP contribution in [0.25, 0.3) is 0 Å². The van der Waals surface area contributed by atoms with E-state index in [1.165, 1.54) is 20.2 Å². The summed E-state index contributed by atoms with van der Waals surface area (Å²) in [6.07, 6.45) is 1.53. The molecule has 2 aromatic rings. The van der Waals surface area contributed by atoms with E-state index in [4.69, 9.17) is 4.74 Å². The monoisotopic (exact) mass is 414 g/mol. The number of carbonyl (C=O) groups excluding carboxylic acids is 2. The number of hydrogen-bond acceptors (Lipinski definition) is 5. The summed E-state index contributed by atoms with van der Waals surface area (Å²) in [7, 11) is -1.28. The molecule has 4 rings (SSSR count). The predicted molar refractivity (Wildman–Crippen MR) is 109 cm³/mol. The molecule has 0 spiro atoms. The largest absolute Gasteiger partial charge is 0.465 e. The smallest absolute Gasteiger partial charge is 0.340 e. The number of amides is 1. The van der Waals surface area contributed by atoms with Gasteiger partial charge in [-0.3, -0.25) is 9.10 Å². The maximum absolute atomic E-state index is 13.4. The third-order valence-electron chi connectivity index (χ3n) is 5.70. The van der Waals surface area contributed by atoms with E-state index in [1.54, 1.807) is 35.2 Å². The molecule has 1 amide bonds. The highest BCUT2D eigenvalue weighted by Gasteiger charge is 2.39. The molecular formula is C21H22N2O5S. The Labute approximate surface area is 169 Å². The Hall–Kier alpha value is -2.87. The fourth-order valence-corrected chi connectivity index (χ4v) is 5.43. The molecule has 0 saturated carbocycles. The SMILES string of the molecule is COC(=O)c1ccccc1N(C)S(=O)(=O)c1cc2c3c(c1)[C@@H](C)C(=O)N3CCC2. The first kappa shape index (κ1) is 19.4. The van der Waals surface area contributed by atoms with Crippen molar-refractivity contribution in [1.29, 1.82) is 0 Å². The highest BCUT2D eigenvalue weighted by atomic mass is 32.2. The van der Waals surface area contributed by atoms with E-state index in [1.807, 2.05) is 6.92 Å². The van der Waals surface area contributed by atoms with Crippen molar-refractivity contribution in [3.63, 3.8) is 0 Å². The van der Waals surface area contributed by atoms with Crippen molar-refractivity contribution in [3.8, 4) is 0 Å². The lowest BCUT2D eigenvalue weighted by atomic mass is 9.97. The molecule has 0 N–H and O–H groups in total. The summed E-state index contributed by atoms with van der Waals surface area (Å²) >= 11 is 0. The first-order chi connectivity index (χ1) is 13.8. The van der Waals surface area contributed by atoms with Crippen LogP contribution in [-0.4, -0.2) is 41.0 Å². The summed E-state index contributed by atoms with van der Waals surface area (Å²) < 4.78 is 32.7. The van der Waals surface area contributed by atoms with E-state index < -0.39 is 16.0 Å². The molecule has 0 saturated heterocycles. The number of para-hydroxylation sites is 1. The fourth-order valence-electron chi connectivity index (χ4n) is 4.13. The van der Waals surface area contributed by atoms with Crippen molar-refractivity contribution in [1.82, 2.24) is 0 Å². The number of esters is 1. The van der Waals surface area contributed by atoms with E-state index in [-0.39, 0.29) is 28.0 Å². The van der Waals surface area contributed by atoms with Crippen molar-refractivity contribution >= 4 is 33.3 Å². The number of anilines is 2. The molecule has 0 fully saturated rings. The molecule has 0 aromatic heterocycles. The van der Waals surface area contributed by atoms with Gasteiger partial charge >= 0.3 is 5.97 Å². The topological polar surface area (TPSA) is 84.0 Å². The Balaban J connectivity index is 1.82. The number of aryl methyl sites for hydroxylation is 1. The molecule has 2 heterocycles. The second-order valence-electron chi connectivity index (χ2n) is 7.32. The molecule has 0 bridgehead atoms. The first-order valence-electron chi connectivity index (χ1n) is 9.42. The van der Waals surface area contributed by atoms with Crippen LogP contribution in [0.3, 0.4) is 0 Å². The van der Waals surface area contributed by atoms with E-state index in [0.717, 1.165) is 34.0 Å². The average Bonchev–Trinajstić information content (AvgIpc) is 2.99. The predicted octanol–water partition coefficient (Wildman–Crippen LogP) is 2.69. The summed E-state index contributed by atoms with van der Waals surface area (Å²) in [5.41, 5.74) is 2.89. The highest BCUT2D eigenvalue weighted by molar-refractivity contribution is 7.92. The van der Waals surface area contributed by atoms with Crippen LogP contribution in [0.2, 0.25) is 0 Å². The van der Waals surface area contributed by atoms with Gasteiger partial charge in [0.25, 0.3) is 10.0 Å². The summed E-state index contributed by atoms with van der Waals surface area (Å²) in [6.45, 7) is 2.48. The molecule has 0 radical (unpaired) electrons. The van der Waals surface area contributed by atoms with Crippen LogP contribution in [0.5, 0.6) is 0 Å². The summed E-state index contributed by atoms with van der Waals surface area (Å²) in [6, 6.07) is 9.66. The minimum absolute atomic E-state index is 0.0138. The molecule has 8 heteroatoms. The van der Waals surface area contributed by atoms with E-state index in [0.29, 0.717) is 6.54 Å². The molecule has 29 heavy (non-hydrogen) atoms. The van der Waals surface area contributed by atoms with Crippen LogP contribution in [0.1, 0.15) is 40.7 Å². The van der Waals surface area contributed by atoms with Gasteiger partial charge in [0.2, 0.25) is 5.91 Å². The van der Waals surface area contributed by atoms with E-state index in [2.05, 4.69) is 0 Å². The van der Waals surface area contributed by atoms with Gasteiger partial charge in [0.15, 0.2) is 0 Å². The van der Waals surface area contributed by atoms with Gasteiger partial charge in [-0.1, -0.05) is 12.1 Å². The van der Waals surface area contributed by atoms with Crippen LogP contribution in [-0.2, 0) is 26.0 Å². The molecule has 1 atom stereocenters. The van der Waals surface area contributed by atoms with Gasteiger partial charge in [0.05, 0.1) is 34.9 Å². The highest BCUT2D eigenvalue weighted by Crippen LogP contribution is 2.44. The van der Waals surface area contributed by atoms with E-state index >= 15 is 0 Å². The number of methoxy groups -OCH3 is 1. The number of nitrogens with zero attached hydrogens (tertiary/aromatic N) is 2. The lowest BCUT2D eigenvalue weighted by Gasteiger charge is -2.27. The van der Waals surface area contributed by atoms with Gasteiger partial charge in [-0.15, -0.1) is 0 Å². The Morgan fingerprint density at radius 3 is 2.69 bits per heavy atom. The summed E-state index contributed by atoms with van der Waals surface area (Å²) in [5.74, 6) is -0.967. The number of ether oxygens (including phenoxy) is 1.